The molecule has 0 unspecified atom stereocenters. The summed E-state index contributed by atoms with van der Waals surface area (Å²) in [6.45, 7) is 0. The van der Waals surface area contributed by atoms with Crippen LogP contribution in [-0.2, 0) is 0 Å². The second-order valence-electron chi connectivity index (χ2n) is 26.3. The number of rotatable bonds is 3. The van der Waals surface area contributed by atoms with Gasteiger partial charge in [-0.25, -0.2) is 0 Å². The molecule has 0 aliphatic carbocycles. The number of benzene rings is 10. The minimum Gasteiger partial charge on any atom is -0.456 e. The van der Waals surface area contributed by atoms with Crippen LogP contribution in [0.2, 0.25) is 0 Å². The van der Waals surface area contributed by atoms with Gasteiger partial charge in [0.15, 0.2) is 0 Å². The van der Waals surface area contributed by atoms with Crippen molar-refractivity contribution in [2.45, 2.75) is 0 Å². The van der Waals surface area contributed by atoms with Crippen molar-refractivity contribution in [3.63, 3.8) is 0 Å². The van der Waals surface area contributed by atoms with Crippen LogP contribution in [0, 0.1) is 0 Å². The monoisotopic (exact) mass is 1010 g/mol. The first-order valence-electron chi connectivity index (χ1n) is 30.2. The largest absolute Gasteiger partial charge is 0.456 e. The first-order chi connectivity index (χ1) is 37.8. The van der Waals surface area contributed by atoms with E-state index in [-0.39, 0.29) is 0 Å². The van der Waals surface area contributed by atoms with Crippen molar-refractivity contribution in [2.24, 2.45) is 0 Å². The lowest BCUT2D eigenvalue weighted by molar-refractivity contribution is 0.676. The number of hydrogen-bond acceptors (Lipinski definition) is 1. The zero-order valence-corrected chi connectivity index (χ0v) is 55.4. The van der Waals surface area contributed by atoms with Gasteiger partial charge in [0.25, 0.3) is 0 Å². The van der Waals surface area contributed by atoms with Crippen LogP contribution in [0.3, 0.4) is 0 Å². The molecule has 1 heterocycles. The fourth-order valence-corrected chi connectivity index (χ4v) is 16.5. The molecule has 1 nitrogen and oxygen atoms in total. The van der Waals surface area contributed by atoms with E-state index in [0.717, 1.165) is 11.2 Å². The summed E-state index contributed by atoms with van der Waals surface area (Å²) in [7, 11) is 71.5. The summed E-state index contributed by atoms with van der Waals surface area (Å²) in [6, 6.07) is 0. The van der Waals surface area contributed by atoms with E-state index in [9.17, 15) is 0 Å². The summed E-state index contributed by atoms with van der Waals surface area (Å²) < 4.78 is 7.41. The summed E-state index contributed by atoms with van der Waals surface area (Å²) in [5.74, 6) is 0. The molecule has 81 heavy (non-hydrogen) atoms. The van der Waals surface area contributed by atoms with Crippen LogP contribution < -0.4 is 164 Å². The molecule has 0 saturated heterocycles. The highest BCUT2D eigenvalue weighted by atomic mass is 16.3. The standard InChI is InChI=1S/C50H60B30O/c51-19-10(36(68)48(80)50-17(19)18-37(69)32(64)15-16(49(18)81-50)38(70)47(79)46(78)35(15)67)1-4-6(22(54)42(74)40(72)20(4)52)2(7-5(1)21(53)41(73)43(75)23(7)55)11-26(58)29(61)13(30(62)27(11)59)8-3-9-14(34(66)45(77)44(76)25(9)57)31(63)28(60)12(3)33(65)39(71)24(8)56/h51-80H2. The smallest absolute Gasteiger partial charge is 0.143 e. The van der Waals surface area contributed by atoms with Gasteiger partial charge in [0.1, 0.15) is 247 Å². The summed E-state index contributed by atoms with van der Waals surface area (Å²) in [4.78, 5) is 0. The zero-order valence-electron chi connectivity index (χ0n) is 55.4. The highest BCUT2D eigenvalue weighted by Gasteiger charge is 2.32. The molecule has 0 bridgehead atoms. The van der Waals surface area contributed by atoms with Crippen LogP contribution in [0.1, 0.15) is 0 Å². The molecule has 0 aliphatic rings. The topological polar surface area (TPSA) is 13.1 Å². The first-order valence-corrected chi connectivity index (χ1v) is 30.2. The molecule has 11 aromatic rings. The van der Waals surface area contributed by atoms with Crippen LogP contribution in [0.15, 0.2) is 4.42 Å². The van der Waals surface area contributed by atoms with Crippen LogP contribution in [0.5, 0.6) is 0 Å². The quantitative estimate of drug-likeness (QED) is 0.0977. The van der Waals surface area contributed by atoms with E-state index in [1.807, 2.05) is 0 Å². The molecule has 0 saturated carbocycles. The highest BCUT2D eigenvalue weighted by Crippen LogP contribution is 2.40. The first kappa shape index (κ1) is 58.0. The zero-order chi connectivity index (χ0) is 59.6. The maximum Gasteiger partial charge on any atom is 0.143 e. The molecule has 356 valence electrons. The van der Waals surface area contributed by atoms with Gasteiger partial charge in [-0.15, -0.1) is 49.2 Å². The van der Waals surface area contributed by atoms with Crippen molar-refractivity contribution in [2.75, 3.05) is 0 Å². The number of hydrogen-bond donors (Lipinski definition) is 0. The van der Waals surface area contributed by atoms with Gasteiger partial charge < -0.3 is 4.42 Å². The van der Waals surface area contributed by atoms with Crippen molar-refractivity contribution in [1.29, 1.82) is 0 Å². The van der Waals surface area contributed by atoms with E-state index in [1.165, 1.54) is 262 Å². The minimum absolute atomic E-state index is 1.03. The van der Waals surface area contributed by atoms with Crippen LogP contribution >= 0.6 is 0 Å². The molecule has 10 aromatic carbocycles. The van der Waals surface area contributed by atoms with Crippen molar-refractivity contribution < 1.29 is 4.42 Å². The maximum absolute atomic E-state index is 7.41. The van der Waals surface area contributed by atoms with Crippen molar-refractivity contribution >= 4 is 475 Å². The second-order valence-corrected chi connectivity index (χ2v) is 26.3. The van der Waals surface area contributed by atoms with E-state index in [2.05, 4.69) is 235 Å². The van der Waals surface area contributed by atoms with Gasteiger partial charge in [-0.2, -0.15) is 0 Å². The van der Waals surface area contributed by atoms with Gasteiger partial charge in [0, 0.05) is 16.2 Å². The van der Waals surface area contributed by atoms with Gasteiger partial charge in [0.05, 0.1) is 0 Å². The van der Waals surface area contributed by atoms with Gasteiger partial charge in [-0.05, 0) is 81.9 Å². The Balaban J connectivity index is 1.37. The minimum atomic E-state index is 1.03. The highest BCUT2D eigenvalue weighted by molar-refractivity contribution is 6.79. The number of fused-ring (bicyclic) bond motifs is 10. The van der Waals surface area contributed by atoms with Crippen molar-refractivity contribution in [3.05, 3.63) is 0 Å². The second kappa shape index (κ2) is 19.4. The average Bonchev–Trinajstić information content (AvgIpc) is 2.50. The third-order valence-electron chi connectivity index (χ3n) is 23.5. The van der Waals surface area contributed by atoms with Crippen molar-refractivity contribution in [3.8, 4) is 33.4 Å². The maximum atomic E-state index is 7.41. The van der Waals surface area contributed by atoms with Crippen LogP contribution in [0.25, 0.3) is 109 Å². The molecule has 31 heteroatoms. The predicted octanol–water partition coefficient (Wildman–Crippen LogP) is -37.9. The summed E-state index contributed by atoms with van der Waals surface area (Å²) >= 11 is 0. The molecule has 1 aromatic heterocycles. The molecule has 0 spiro atoms. The number of furan rings is 1. The third-order valence-corrected chi connectivity index (χ3v) is 23.5. The Hall–Kier alpha value is -4.75. The van der Waals surface area contributed by atoms with Gasteiger partial charge in [-0.1, -0.05) is 115 Å². The summed E-state index contributed by atoms with van der Waals surface area (Å²) in [5.41, 5.74) is 51.5. The Morgan fingerprint density at radius 1 is 0.111 bits per heavy atom. The predicted molar refractivity (Wildman–Crippen MR) is 463 cm³/mol. The van der Waals surface area contributed by atoms with Gasteiger partial charge in [0.2, 0.25) is 0 Å². The Kier molecular flexibility index (Phi) is 13.9. The summed E-state index contributed by atoms with van der Waals surface area (Å²) in [6.07, 6.45) is 0. The molecule has 0 radical (unpaired) electrons. The lowest BCUT2D eigenvalue weighted by Crippen LogP contribution is -2.52. The fourth-order valence-electron chi connectivity index (χ4n) is 16.5. The lowest BCUT2D eigenvalue weighted by Gasteiger charge is -2.32. The molecule has 0 atom stereocenters. The molecule has 0 amide bonds. The lowest BCUT2D eigenvalue weighted by atomic mass is 9.55. The fraction of sp³-hybridized carbons (Fsp3) is 0. The Morgan fingerprint density at radius 3 is 0.679 bits per heavy atom. The Labute approximate surface area is 509 Å². The van der Waals surface area contributed by atoms with E-state index in [1.54, 1.807) is 0 Å². The Morgan fingerprint density at radius 2 is 0.309 bits per heavy atom. The summed E-state index contributed by atoms with van der Waals surface area (Å²) in [5, 5.41) is 16.5. The molecule has 11 rings (SSSR count). The SMILES string of the molecule is Bc1c(B)c(-c2c(B)c(B)c(B)c3c(B)c(B)c4c(B)c(B)c(B)c(B)c4c23)c(B)c(B)c1-c1c2c(B)c(B)c(B)c(B)c2c(-c2c(B)c(B)c3oc4c5c(B)c(B)c(B)c(B)c5c(B)c(B)c4c3c2B)c2c(B)c(B)c(B)c(B)c12. The van der Waals surface area contributed by atoms with Gasteiger partial charge >= 0.3 is 0 Å². The van der Waals surface area contributed by atoms with Gasteiger partial charge in [-0.3, -0.25) is 0 Å². The molecular formula is C50H60B30O. The molecule has 0 fully saturated rings. The van der Waals surface area contributed by atoms with Crippen molar-refractivity contribution in [1.82, 2.24) is 0 Å². The average molecular weight is 1000 g/mol. The molecule has 0 aliphatic heterocycles. The van der Waals surface area contributed by atoms with E-state index in [0.29, 0.717) is 0 Å². The Bertz CT molecular complexity index is 4820. The third kappa shape index (κ3) is 7.30. The van der Waals surface area contributed by atoms with Crippen LogP contribution in [0.4, 0.5) is 0 Å². The van der Waals surface area contributed by atoms with E-state index < -0.39 is 0 Å². The molecular weight excluding hydrogens is 941 g/mol. The van der Waals surface area contributed by atoms with E-state index >= 15 is 0 Å². The molecule has 0 N–H and O–H groups in total. The van der Waals surface area contributed by atoms with Crippen LogP contribution in [-0.4, -0.2) is 235 Å². The normalized spacial score (nSPS) is 12.0. The van der Waals surface area contributed by atoms with E-state index in [4.69, 9.17) is 4.42 Å².